The molecular formula is C31H31N7O3. The zero-order valence-corrected chi connectivity index (χ0v) is 23.1. The van der Waals surface area contributed by atoms with Crippen molar-refractivity contribution in [3.05, 3.63) is 65.6 Å². The van der Waals surface area contributed by atoms with E-state index in [1.165, 1.54) is 0 Å². The molecule has 0 radical (unpaired) electrons. The fraction of sp³-hybridized carbons (Fsp3) is 0.419. The number of hydrogen-bond acceptors (Lipinski definition) is 7. The molecule has 2 amide bonds. The van der Waals surface area contributed by atoms with E-state index < -0.39 is 17.5 Å². The number of nitrogens with one attached hydrogen (secondary N) is 2. The molecule has 0 spiro atoms. The Morgan fingerprint density at radius 3 is 2.59 bits per heavy atom. The van der Waals surface area contributed by atoms with Crippen LogP contribution in [-0.2, 0) is 16.6 Å². The van der Waals surface area contributed by atoms with Gasteiger partial charge in [-0.2, -0.15) is 10.4 Å². The maximum absolute atomic E-state index is 13.6. The summed E-state index contributed by atoms with van der Waals surface area (Å²) in [6.07, 6.45) is 7.10. The van der Waals surface area contributed by atoms with Crippen LogP contribution in [0.15, 0.2) is 47.0 Å². The molecule has 3 aliphatic carbocycles. The predicted octanol–water partition coefficient (Wildman–Crippen LogP) is 4.29. The average Bonchev–Trinajstić information content (AvgIpc) is 3.93. The van der Waals surface area contributed by atoms with E-state index in [0.29, 0.717) is 35.5 Å². The van der Waals surface area contributed by atoms with Crippen LogP contribution >= 0.6 is 0 Å². The fourth-order valence-corrected chi connectivity index (χ4v) is 5.11. The van der Waals surface area contributed by atoms with Crippen LogP contribution < -0.4 is 10.6 Å². The Labute approximate surface area is 237 Å². The standard InChI is InChI=1S/C31H31N7O3/c1-18-3-4-20(16-33-18)19-5-8-22-25(13-19)41-27(34-22)14-23(28(39)36-31(17-32)11-12-31)35-29(40)24-15-26(30(2)9-10-30)37-38(24)21-6-7-21/h3-5,8,13,15-16,21,23H,6-7,9-12,14H2,1-2H3,(H,35,40)(H,36,39). The Bertz CT molecular complexity index is 1720. The molecule has 4 aromatic rings. The minimum absolute atomic E-state index is 0.0167. The molecule has 2 N–H and O–H groups in total. The lowest BCUT2D eigenvalue weighted by molar-refractivity contribution is -0.123. The van der Waals surface area contributed by atoms with E-state index in [1.54, 1.807) is 0 Å². The van der Waals surface area contributed by atoms with Crippen molar-refractivity contribution in [2.75, 3.05) is 0 Å². The third-order valence-corrected chi connectivity index (χ3v) is 8.48. The lowest BCUT2D eigenvalue weighted by Gasteiger charge is -2.19. The summed E-state index contributed by atoms with van der Waals surface area (Å²) >= 11 is 0. The lowest BCUT2D eigenvalue weighted by Crippen LogP contribution is -2.51. The molecule has 1 aromatic carbocycles. The van der Waals surface area contributed by atoms with Crippen molar-refractivity contribution in [1.29, 1.82) is 5.26 Å². The first-order chi connectivity index (χ1) is 19.7. The summed E-state index contributed by atoms with van der Waals surface area (Å²) in [5, 5.41) is 20.1. The van der Waals surface area contributed by atoms with Crippen LogP contribution in [0.5, 0.6) is 0 Å². The normalized spacial score (nSPS) is 18.9. The van der Waals surface area contributed by atoms with Crippen molar-refractivity contribution >= 4 is 22.9 Å². The summed E-state index contributed by atoms with van der Waals surface area (Å²) in [5.41, 5.74) is 4.59. The van der Waals surface area contributed by atoms with Gasteiger partial charge >= 0.3 is 0 Å². The number of aryl methyl sites for hydroxylation is 1. The first-order valence-electron chi connectivity index (χ1n) is 14.2. The van der Waals surface area contributed by atoms with Crippen LogP contribution in [0.25, 0.3) is 22.2 Å². The summed E-state index contributed by atoms with van der Waals surface area (Å²) in [6, 6.07) is 13.0. The minimum atomic E-state index is -0.982. The second kappa shape index (κ2) is 9.26. The maximum atomic E-state index is 13.6. The number of carbonyl (C=O) groups is 2. The summed E-state index contributed by atoms with van der Waals surface area (Å²) in [4.78, 5) is 36.1. The molecule has 3 heterocycles. The van der Waals surface area contributed by atoms with Crippen molar-refractivity contribution in [3.8, 4) is 17.2 Å². The summed E-state index contributed by atoms with van der Waals surface area (Å²) in [5.74, 6) is -0.478. The maximum Gasteiger partial charge on any atom is 0.270 e. The second-order valence-corrected chi connectivity index (χ2v) is 12.0. The van der Waals surface area contributed by atoms with Gasteiger partial charge in [0.1, 0.15) is 22.8 Å². The average molecular weight is 550 g/mol. The lowest BCUT2D eigenvalue weighted by atomic mass is 10.1. The molecule has 41 heavy (non-hydrogen) atoms. The highest BCUT2D eigenvalue weighted by molar-refractivity contribution is 5.97. The zero-order valence-electron chi connectivity index (χ0n) is 23.1. The molecule has 208 valence electrons. The monoisotopic (exact) mass is 549 g/mol. The van der Waals surface area contributed by atoms with E-state index in [4.69, 9.17) is 9.52 Å². The Hall–Kier alpha value is -4.52. The third kappa shape index (κ3) is 4.97. The number of nitrogens with zero attached hydrogens (tertiary/aromatic N) is 5. The Kier molecular flexibility index (Phi) is 5.75. The van der Waals surface area contributed by atoms with Gasteiger partial charge in [-0.1, -0.05) is 19.1 Å². The van der Waals surface area contributed by atoms with Crippen LogP contribution in [0.3, 0.4) is 0 Å². The van der Waals surface area contributed by atoms with Crippen molar-refractivity contribution in [1.82, 2.24) is 30.4 Å². The zero-order chi connectivity index (χ0) is 28.4. The molecule has 0 bridgehead atoms. The van der Waals surface area contributed by atoms with Crippen LogP contribution in [0.2, 0.25) is 0 Å². The first kappa shape index (κ1) is 25.4. The quantitative estimate of drug-likeness (QED) is 0.317. The molecular weight excluding hydrogens is 518 g/mol. The summed E-state index contributed by atoms with van der Waals surface area (Å²) < 4.78 is 7.90. The number of nitriles is 1. The van der Waals surface area contributed by atoms with Gasteiger partial charge in [0.2, 0.25) is 5.91 Å². The number of pyridine rings is 1. The van der Waals surface area contributed by atoms with Gasteiger partial charge in [-0.25, -0.2) is 4.98 Å². The van der Waals surface area contributed by atoms with Crippen molar-refractivity contribution in [3.63, 3.8) is 0 Å². The Balaban J connectivity index is 1.16. The molecule has 7 rings (SSSR count). The largest absolute Gasteiger partial charge is 0.441 e. The van der Waals surface area contributed by atoms with Gasteiger partial charge in [0.05, 0.1) is 24.2 Å². The molecule has 3 aliphatic rings. The van der Waals surface area contributed by atoms with E-state index in [-0.39, 0.29) is 23.8 Å². The van der Waals surface area contributed by atoms with Gasteiger partial charge < -0.3 is 15.1 Å². The van der Waals surface area contributed by atoms with Crippen molar-refractivity contribution < 1.29 is 14.0 Å². The summed E-state index contributed by atoms with van der Waals surface area (Å²) in [6.45, 7) is 4.10. The Morgan fingerprint density at radius 2 is 1.93 bits per heavy atom. The number of rotatable bonds is 9. The van der Waals surface area contributed by atoms with Gasteiger partial charge in [-0.05, 0) is 75.3 Å². The van der Waals surface area contributed by atoms with Gasteiger partial charge in [-0.15, -0.1) is 0 Å². The van der Waals surface area contributed by atoms with Crippen molar-refractivity contribution in [2.45, 2.75) is 81.8 Å². The number of hydrogen-bond donors (Lipinski definition) is 2. The van der Waals surface area contributed by atoms with Crippen LogP contribution in [0.1, 0.15) is 79.3 Å². The van der Waals surface area contributed by atoms with Crippen LogP contribution in [0.4, 0.5) is 0 Å². The first-order valence-corrected chi connectivity index (χ1v) is 14.2. The molecule has 10 nitrogen and oxygen atoms in total. The van der Waals surface area contributed by atoms with E-state index in [0.717, 1.165) is 48.2 Å². The number of aromatic nitrogens is 4. The van der Waals surface area contributed by atoms with E-state index in [2.05, 4.69) is 33.6 Å². The SMILES string of the molecule is Cc1ccc(-c2ccc3nc(CC(NC(=O)c4cc(C5(C)CC5)nn4C4CC4)C(=O)NC4(C#N)CC4)oc3c2)cn1. The molecule has 1 atom stereocenters. The number of benzene rings is 1. The third-order valence-electron chi connectivity index (χ3n) is 8.48. The van der Waals surface area contributed by atoms with Crippen LogP contribution in [-0.4, -0.2) is 43.1 Å². The number of fused-ring (bicyclic) bond motifs is 1. The smallest absolute Gasteiger partial charge is 0.270 e. The highest BCUT2D eigenvalue weighted by atomic mass is 16.3. The molecule has 0 aliphatic heterocycles. The van der Waals surface area contributed by atoms with Gasteiger partial charge in [-0.3, -0.25) is 19.3 Å². The molecule has 1 unspecified atom stereocenters. The predicted molar refractivity (Wildman–Crippen MR) is 150 cm³/mol. The topological polar surface area (TPSA) is 139 Å². The number of oxazole rings is 1. The molecule has 3 saturated carbocycles. The highest BCUT2D eigenvalue weighted by Crippen LogP contribution is 2.48. The Morgan fingerprint density at radius 1 is 1.15 bits per heavy atom. The summed E-state index contributed by atoms with van der Waals surface area (Å²) in [7, 11) is 0. The minimum Gasteiger partial charge on any atom is -0.441 e. The van der Waals surface area contributed by atoms with Gasteiger partial charge in [0.15, 0.2) is 11.5 Å². The van der Waals surface area contributed by atoms with E-state index >= 15 is 0 Å². The highest BCUT2D eigenvalue weighted by Gasteiger charge is 2.46. The molecule has 3 aromatic heterocycles. The second-order valence-electron chi connectivity index (χ2n) is 12.0. The molecule has 10 heteroatoms. The van der Waals surface area contributed by atoms with E-state index in [1.807, 2.05) is 54.2 Å². The molecule has 0 saturated heterocycles. The van der Waals surface area contributed by atoms with Gasteiger partial charge in [0, 0.05) is 22.9 Å². The number of carbonyl (C=O) groups excluding carboxylic acids is 2. The number of amides is 2. The fourth-order valence-electron chi connectivity index (χ4n) is 5.11. The van der Waals surface area contributed by atoms with Crippen molar-refractivity contribution in [2.24, 2.45) is 0 Å². The van der Waals surface area contributed by atoms with Crippen LogP contribution in [0, 0.1) is 18.3 Å². The van der Waals surface area contributed by atoms with Gasteiger partial charge in [0.25, 0.3) is 5.91 Å². The van der Waals surface area contributed by atoms with E-state index in [9.17, 15) is 14.9 Å². The molecule has 3 fully saturated rings.